The van der Waals surface area contributed by atoms with Crippen molar-refractivity contribution in [3.63, 3.8) is 0 Å². The molecule has 1 rings (SSSR count). The van der Waals surface area contributed by atoms with Gasteiger partial charge in [0.2, 0.25) is 0 Å². The van der Waals surface area contributed by atoms with Gasteiger partial charge >= 0.3 is 0 Å². The molecular weight excluding hydrogens is 224 g/mol. The molecule has 0 atom stereocenters. The van der Waals surface area contributed by atoms with E-state index in [0.29, 0.717) is 30.1 Å². The number of amides is 1. The summed E-state index contributed by atoms with van der Waals surface area (Å²) < 4.78 is 0. The molecule has 0 radical (unpaired) electrons. The predicted octanol–water partition coefficient (Wildman–Crippen LogP) is 2.72. The highest BCUT2D eigenvalue weighted by Crippen LogP contribution is 2.11. The molecule has 0 aliphatic rings. The van der Waals surface area contributed by atoms with Gasteiger partial charge in [-0.15, -0.1) is 0 Å². The van der Waals surface area contributed by atoms with Crippen molar-refractivity contribution in [2.45, 2.75) is 13.3 Å². The molecule has 0 saturated carbocycles. The average Bonchev–Trinajstić information content (AvgIpc) is 2.30. The number of nitriles is 1. The van der Waals surface area contributed by atoms with E-state index < -0.39 is 0 Å². The van der Waals surface area contributed by atoms with Gasteiger partial charge in [-0.25, -0.2) is 0 Å². The quantitative estimate of drug-likeness (QED) is 0.807. The Kier molecular flexibility index (Phi) is 4.81. The van der Waals surface area contributed by atoms with E-state index in [1.807, 2.05) is 13.0 Å². The van der Waals surface area contributed by atoms with E-state index in [0.717, 1.165) is 0 Å². The molecule has 0 heterocycles. The molecule has 4 heteroatoms. The zero-order valence-corrected chi connectivity index (χ0v) is 9.87. The van der Waals surface area contributed by atoms with Crippen LogP contribution >= 0.6 is 11.6 Å². The van der Waals surface area contributed by atoms with Gasteiger partial charge < -0.3 is 4.90 Å². The van der Waals surface area contributed by atoms with Gasteiger partial charge in [-0.3, -0.25) is 4.79 Å². The first-order chi connectivity index (χ1) is 7.69. The summed E-state index contributed by atoms with van der Waals surface area (Å²) in [6, 6.07) is 8.80. The lowest BCUT2D eigenvalue weighted by atomic mass is 10.2. The Morgan fingerprint density at radius 3 is 2.56 bits per heavy atom. The van der Waals surface area contributed by atoms with Gasteiger partial charge in [0.1, 0.15) is 0 Å². The first kappa shape index (κ1) is 12.5. The number of rotatable bonds is 4. The van der Waals surface area contributed by atoms with Crippen molar-refractivity contribution in [3.05, 3.63) is 34.9 Å². The number of carbonyl (C=O) groups is 1. The van der Waals surface area contributed by atoms with Crippen LogP contribution in [0.3, 0.4) is 0 Å². The largest absolute Gasteiger partial charge is 0.338 e. The molecule has 1 amide bonds. The Morgan fingerprint density at radius 2 is 2.06 bits per heavy atom. The molecule has 1 aromatic carbocycles. The number of benzene rings is 1. The maximum Gasteiger partial charge on any atom is 0.253 e. The van der Waals surface area contributed by atoms with Gasteiger partial charge in [-0.1, -0.05) is 11.6 Å². The molecule has 0 aliphatic carbocycles. The minimum absolute atomic E-state index is 0.0607. The van der Waals surface area contributed by atoms with Crippen LogP contribution in [0.1, 0.15) is 23.7 Å². The Balaban J connectivity index is 2.75. The van der Waals surface area contributed by atoms with Gasteiger partial charge in [0, 0.05) is 23.7 Å². The van der Waals surface area contributed by atoms with E-state index in [2.05, 4.69) is 0 Å². The molecule has 0 unspecified atom stereocenters. The van der Waals surface area contributed by atoms with Gasteiger partial charge in [-0.05, 0) is 31.2 Å². The zero-order chi connectivity index (χ0) is 12.0. The SMILES string of the molecule is CCN(CCC#N)C(=O)c1ccc(Cl)cc1. The molecule has 0 bridgehead atoms. The summed E-state index contributed by atoms with van der Waals surface area (Å²) in [4.78, 5) is 13.6. The van der Waals surface area contributed by atoms with Crippen molar-refractivity contribution >= 4 is 17.5 Å². The van der Waals surface area contributed by atoms with E-state index in [4.69, 9.17) is 16.9 Å². The zero-order valence-electron chi connectivity index (χ0n) is 9.11. The first-order valence-electron chi connectivity index (χ1n) is 5.10. The third-order valence-corrected chi connectivity index (χ3v) is 2.51. The van der Waals surface area contributed by atoms with E-state index in [1.165, 1.54) is 0 Å². The fourth-order valence-electron chi connectivity index (χ4n) is 1.36. The lowest BCUT2D eigenvalue weighted by Crippen LogP contribution is -2.31. The Labute approximate surface area is 100 Å². The van der Waals surface area contributed by atoms with Gasteiger partial charge in [0.25, 0.3) is 5.91 Å². The fourth-order valence-corrected chi connectivity index (χ4v) is 1.49. The molecule has 84 valence electrons. The number of carbonyl (C=O) groups excluding carboxylic acids is 1. The highest BCUT2D eigenvalue weighted by Gasteiger charge is 2.13. The second-order valence-electron chi connectivity index (χ2n) is 3.30. The van der Waals surface area contributed by atoms with Crippen LogP contribution in [0.5, 0.6) is 0 Å². The van der Waals surface area contributed by atoms with E-state index >= 15 is 0 Å². The highest BCUT2D eigenvalue weighted by molar-refractivity contribution is 6.30. The molecule has 0 N–H and O–H groups in total. The van der Waals surface area contributed by atoms with Crippen LogP contribution in [0.15, 0.2) is 24.3 Å². The minimum Gasteiger partial charge on any atom is -0.338 e. The smallest absolute Gasteiger partial charge is 0.253 e. The van der Waals surface area contributed by atoms with Gasteiger partial charge in [-0.2, -0.15) is 5.26 Å². The molecule has 16 heavy (non-hydrogen) atoms. The number of hydrogen-bond acceptors (Lipinski definition) is 2. The molecule has 0 spiro atoms. The standard InChI is InChI=1S/C12H13ClN2O/c1-2-15(9-3-8-14)12(16)10-4-6-11(13)7-5-10/h4-7H,2-3,9H2,1H3. The molecule has 0 aromatic heterocycles. The number of hydrogen-bond donors (Lipinski definition) is 0. The monoisotopic (exact) mass is 236 g/mol. The van der Waals surface area contributed by atoms with Crippen LogP contribution in [0.25, 0.3) is 0 Å². The topological polar surface area (TPSA) is 44.1 Å². The minimum atomic E-state index is -0.0607. The summed E-state index contributed by atoms with van der Waals surface area (Å²) in [5, 5.41) is 9.10. The molecule has 0 saturated heterocycles. The van der Waals surface area contributed by atoms with E-state index in [1.54, 1.807) is 29.2 Å². The third kappa shape index (κ3) is 3.25. The summed E-state index contributed by atoms with van der Waals surface area (Å²) in [6.45, 7) is 2.96. The third-order valence-electron chi connectivity index (χ3n) is 2.25. The Bertz CT molecular complexity index is 394. The molecular formula is C12H13ClN2O. The summed E-state index contributed by atoms with van der Waals surface area (Å²) in [6.07, 6.45) is 0.354. The van der Waals surface area contributed by atoms with Crippen molar-refractivity contribution in [2.24, 2.45) is 0 Å². The number of nitrogens with zero attached hydrogens (tertiary/aromatic N) is 2. The summed E-state index contributed by atoms with van der Waals surface area (Å²) in [5.74, 6) is -0.0607. The molecule has 3 nitrogen and oxygen atoms in total. The van der Waals surface area contributed by atoms with Crippen molar-refractivity contribution in [1.82, 2.24) is 4.90 Å². The highest BCUT2D eigenvalue weighted by atomic mass is 35.5. The van der Waals surface area contributed by atoms with Crippen LogP contribution in [0.4, 0.5) is 0 Å². The Morgan fingerprint density at radius 1 is 1.44 bits per heavy atom. The van der Waals surface area contributed by atoms with Crippen LogP contribution in [0, 0.1) is 11.3 Å². The fraction of sp³-hybridized carbons (Fsp3) is 0.333. The average molecular weight is 237 g/mol. The molecule has 1 aromatic rings. The first-order valence-corrected chi connectivity index (χ1v) is 5.48. The van der Waals surface area contributed by atoms with Crippen LogP contribution in [0.2, 0.25) is 5.02 Å². The molecule has 0 fully saturated rings. The predicted molar refractivity (Wildman–Crippen MR) is 63.3 cm³/mol. The molecule has 0 aliphatic heterocycles. The lowest BCUT2D eigenvalue weighted by molar-refractivity contribution is 0.0768. The van der Waals surface area contributed by atoms with E-state index in [9.17, 15) is 4.79 Å². The summed E-state index contributed by atoms with van der Waals surface area (Å²) in [5.41, 5.74) is 0.601. The van der Waals surface area contributed by atoms with Crippen LogP contribution < -0.4 is 0 Å². The second-order valence-corrected chi connectivity index (χ2v) is 3.74. The van der Waals surface area contributed by atoms with Crippen molar-refractivity contribution in [3.8, 4) is 6.07 Å². The van der Waals surface area contributed by atoms with Crippen molar-refractivity contribution in [2.75, 3.05) is 13.1 Å². The van der Waals surface area contributed by atoms with Crippen molar-refractivity contribution in [1.29, 1.82) is 5.26 Å². The van der Waals surface area contributed by atoms with Crippen LogP contribution in [-0.2, 0) is 0 Å². The maximum absolute atomic E-state index is 12.0. The maximum atomic E-state index is 12.0. The Hall–Kier alpha value is -1.53. The summed E-state index contributed by atoms with van der Waals surface area (Å²) in [7, 11) is 0. The second kappa shape index (κ2) is 6.14. The lowest BCUT2D eigenvalue weighted by Gasteiger charge is -2.19. The normalized spacial score (nSPS) is 9.56. The van der Waals surface area contributed by atoms with Gasteiger partial charge in [0.15, 0.2) is 0 Å². The number of halogens is 1. The van der Waals surface area contributed by atoms with Gasteiger partial charge in [0.05, 0.1) is 12.5 Å². The van der Waals surface area contributed by atoms with Crippen LogP contribution in [-0.4, -0.2) is 23.9 Å². The van der Waals surface area contributed by atoms with E-state index in [-0.39, 0.29) is 5.91 Å². The summed E-state index contributed by atoms with van der Waals surface area (Å²) >= 11 is 5.75. The van der Waals surface area contributed by atoms with Crippen molar-refractivity contribution < 1.29 is 4.79 Å².